The fourth-order valence-electron chi connectivity index (χ4n) is 4.14. The number of aliphatic hydroxyl groups is 1. The lowest BCUT2D eigenvalue weighted by atomic mass is 10.0. The molecule has 36 heavy (non-hydrogen) atoms. The minimum absolute atomic E-state index is 0.269. The average molecular weight is 543 g/mol. The third kappa shape index (κ3) is 5.40. The molecule has 2 unspecified atom stereocenters. The van der Waals surface area contributed by atoms with Gasteiger partial charge in [0.05, 0.1) is 33.8 Å². The summed E-state index contributed by atoms with van der Waals surface area (Å²) in [5.74, 6) is 0.269. The van der Waals surface area contributed by atoms with E-state index in [1.54, 1.807) is 25.3 Å². The SMILES string of the molecule is CC(O)CCc1ccnc(-c2cccc3cc(C(NS(=O)(=O)C4CC4)c4nc(N)ccc4Cl)sc23)c1. The molecule has 0 bridgehead atoms. The maximum atomic E-state index is 13.0. The number of nitrogens with two attached hydrogens (primary N) is 1. The highest BCUT2D eigenvalue weighted by Gasteiger charge is 2.38. The molecule has 0 spiro atoms. The molecule has 3 aromatic heterocycles. The quantitative estimate of drug-likeness (QED) is 0.271. The third-order valence-electron chi connectivity index (χ3n) is 6.21. The van der Waals surface area contributed by atoms with Crippen LogP contribution in [0.2, 0.25) is 5.02 Å². The van der Waals surface area contributed by atoms with Crippen LogP contribution in [0.5, 0.6) is 0 Å². The zero-order valence-electron chi connectivity index (χ0n) is 19.7. The van der Waals surface area contributed by atoms with E-state index in [9.17, 15) is 13.5 Å². The highest BCUT2D eigenvalue weighted by atomic mass is 35.5. The molecule has 4 N–H and O–H groups in total. The summed E-state index contributed by atoms with van der Waals surface area (Å²) in [5.41, 5.74) is 9.21. The van der Waals surface area contributed by atoms with Gasteiger partial charge in [0.15, 0.2) is 0 Å². The zero-order chi connectivity index (χ0) is 25.4. The van der Waals surface area contributed by atoms with Crippen LogP contribution in [0.1, 0.15) is 48.4 Å². The van der Waals surface area contributed by atoms with Crippen molar-refractivity contribution < 1.29 is 13.5 Å². The number of aromatic nitrogens is 2. The van der Waals surface area contributed by atoms with Gasteiger partial charge in [-0.3, -0.25) is 4.98 Å². The Hall–Kier alpha value is -2.56. The maximum absolute atomic E-state index is 13.0. The van der Waals surface area contributed by atoms with Crippen molar-refractivity contribution in [3.05, 3.63) is 75.9 Å². The highest BCUT2D eigenvalue weighted by Crippen LogP contribution is 2.41. The Labute approximate surface area is 219 Å². The second-order valence-electron chi connectivity index (χ2n) is 9.21. The van der Waals surface area contributed by atoms with Crippen LogP contribution in [0.4, 0.5) is 5.82 Å². The topological polar surface area (TPSA) is 118 Å². The number of aliphatic hydroxyl groups excluding tert-OH is 1. The standard InChI is InChI=1S/C26H27ClN4O3S2/c1-15(32)5-6-16-11-12-29-21(13-16)19-4-2-3-17-14-22(35-26(17)19)25(31-36(33,34)18-7-8-18)24-20(27)9-10-23(28)30-24/h2-4,9-15,18,25,31-32H,5-8H2,1H3,(H2,28,30). The van der Waals surface area contributed by atoms with Gasteiger partial charge in [0, 0.05) is 21.3 Å². The molecule has 1 aliphatic carbocycles. The highest BCUT2D eigenvalue weighted by molar-refractivity contribution is 7.90. The van der Waals surface area contributed by atoms with Crippen molar-refractivity contribution in [1.82, 2.24) is 14.7 Å². The van der Waals surface area contributed by atoms with Gasteiger partial charge in [-0.15, -0.1) is 11.3 Å². The first-order chi connectivity index (χ1) is 17.2. The minimum Gasteiger partial charge on any atom is -0.393 e. The molecule has 1 saturated carbocycles. The van der Waals surface area contributed by atoms with Gasteiger partial charge in [-0.05, 0) is 73.9 Å². The summed E-state index contributed by atoms with van der Waals surface area (Å²) in [6.45, 7) is 1.78. The van der Waals surface area contributed by atoms with Crippen molar-refractivity contribution in [3.8, 4) is 11.3 Å². The fourth-order valence-corrected chi connectivity index (χ4v) is 7.19. The van der Waals surface area contributed by atoms with E-state index in [4.69, 9.17) is 17.3 Å². The number of anilines is 1. The lowest BCUT2D eigenvalue weighted by Crippen LogP contribution is -2.32. The van der Waals surface area contributed by atoms with Gasteiger partial charge >= 0.3 is 0 Å². The van der Waals surface area contributed by atoms with Gasteiger partial charge in [-0.1, -0.05) is 29.8 Å². The molecule has 188 valence electrons. The van der Waals surface area contributed by atoms with Gasteiger partial charge in [0.25, 0.3) is 0 Å². The molecule has 0 radical (unpaired) electrons. The smallest absolute Gasteiger partial charge is 0.215 e. The first-order valence-corrected chi connectivity index (χ1v) is 14.5. The predicted molar refractivity (Wildman–Crippen MR) is 146 cm³/mol. The number of benzene rings is 1. The third-order valence-corrected chi connectivity index (χ3v) is 9.69. The molecule has 0 aliphatic heterocycles. The molecule has 2 atom stereocenters. The van der Waals surface area contributed by atoms with Crippen LogP contribution in [0.3, 0.4) is 0 Å². The molecular weight excluding hydrogens is 516 g/mol. The molecule has 1 fully saturated rings. The number of sulfonamides is 1. The lowest BCUT2D eigenvalue weighted by Gasteiger charge is -2.18. The Morgan fingerprint density at radius 3 is 2.78 bits per heavy atom. The number of nitrogens with one attached hydrogen (secondary N) is 1. The van der Waals surface area contributed by atoms with E-state index in [1.165, 1.54) is 11.3 Å². The van der Waals surface area contributed by atoms with E-state index in [-0.39, 0.29) is 11.9 Å². The number of thiophene rings is 1. The molecule has 4 aromatic rings. The van der Waals surface area contributed by atoms with Crippen LogP contribution < -0.4 is 10.5 Å². The van der Waals surface area contributed by atoms with Gasteiger partial charge in [0.1, 0.15) is 5.82 Å². The van der Waals surface area contributed by atoms with E-state index in [2.05, 4.69) is 14.7 Å². The van der Waals surface area contributed by atoms with Crippen LogP contribution in [-0.2, 0) is 16.4 Å². The first-order valence-electron chi connectivity index (χ1n) is 11.8. The van der Waals surface area contributed by atoms with Crippen LogP contribution in [0.25, 0.3) is 21.3 Å². The first kappa shape index (κ1) is 25.1. The summed E-state index contributed by atoms with van der Waals surface area (Å²) in [7, 11) is -3.55. The van der Waals surface area contributed by atoms with Crippen molar-refractivity contribution in [2.45, 2.75) is 50.0 Å². The second-order valence-corrected chi connectivity index (χ2v) is 12.7. The maximum Gasteiger partial charge on any atom is 0.215 e. The van der Waals surface area contributed by atoms with Gasteiger partial charge < -0.3 is 10.8 Å². The summed E-state index contributed by atoms with van der Waals surface area (Å²) in [5, 5.41) is 10.6. The summed E-state index contributed by atoms with van der Waals surface area (Å²) >= 11 is 7.97. The number of hydrogen-bond acceptors (Lipinski definition) is 7. The largest absolute Gasteiger partial charge is 0.393 e. The summed E-state index contributed by atoms with van der Waals surface area (Å²) in [6.07, 6.45) is 4.13. The molecule has 1 aliphatic rings. The molecule has 3 heterocycles. The van der Waals surface area contributed by atoms with E-state index >= 15 is 0 Å². The van der Waals surface area contributed by atoms with E-state index in [0.29, 0.717) is 30.0 Å². The average Bonchev–Trinajstić information content (AvgIpc) is 3.63. The number of aryl methyl sites for hydroxylation is 1. The van der Waals surface area contributed by atoms with Crippen molar-refractivity contribution >= 4 is 48.9 Å². The second kappa shape index (κ2) is 10.1. The van der Waals surface area contributed by atoms with Crippen LogP contribution in [0.15, 0.2) is 54.7 Å². The molecule has 0 saturated heterocycles. The Morgan fingerprint density at radius 2 is 2.03 bits per heavy atom. The van der Waals surface area contributed by atoms with Crippen molar-refractivity contribution in [2.75, 3.05) is 5.73 Å². The molecular formula is C26H27ClN4O3S2. The number of halogens is 1. The van der Waals surface area contributed by atoms with E-state index in [1.807, 2.05) is 36.4 Å². The number of hydrogen-bond donors (Lipinski definition) is 3. The van der Waals surface area contributed by atoms with Crippen molar-refractivity contribution in [1.29, 1.82) is 0 Å². The number of rotatable bonds is 9. The molecule has 0 amide bonds. The normalized spacial score (nSPS) is 15.8. The Kier molecular flexibility index (Phi) is 7.02. The Balaban J connectivity index is 1.59. The molecule has 5 rings (SSSR count). The minimum atomic E-state index is -3.55. The predicted octanol–water partition coefficient (Wildman–Crippen LogP) is 5.08. The summed E-state index contributed by atoms with van der Waals surface area (Å²) in [6, 6.07) is 14.4. The number of nitrogen functional groups attached to an aromatic ring is 1. The van der Waals surface area contributed by atoms with Crippen molar-refractivity contribution in [2.24, 2.45) is 0 Å². The van der Waals surface area contributed by atoms with E-state index in [0.717, 1.165) is 38.2 Å². The summed E-state index contributed by atoms with van der Waals surface area (Å²) < 4.78 is 29.8. The van der Waals surface area contributed by atoms with E-state index < -0.39 is 21.3 Å². The molecule has 1 aromatic carbocycles. The fraction of sp³-hybridized carbons (Fsp3) is 0.308. The van der Waals surface area contributed by atoms with Gasteiger partial charge in [-0.2, -0.15) is 0 Å². The molecule has 7 nitrogen and oxygen atoms in total. The van der Waals surface area contributed by atoms with Gasteiger partial charge in [0.2, 0.25) is 10.0 Å². The van der Waals surface area contributed by atoms with Gasteiger partial charge in [-0.25, -0.2) is 18.1 Å². The number of nitrogens with zero attached hydrogens (tertiary/aromatic N) is 2. The van der Waals surface area contributed by atoms with Crippen LogP contribution in [0, 0.1) is 0 Å². The molecule has 10 heteroatoms. The van der Waals surface area contributed by atoms with Crippen molar-refractivity contribution in [3.63, 3.8) is 0 Å². The zero-order valence-corrected chi connectivity index (χ0v) is 22.1. The lowest BCUT2D eigenvalue weighted by molar-refractivity contribution is 0.185. The summed E-state index contributed by atoms with van der Waals surface area (Å²) in [4.78, 5) is 9.77. The van der Waals surface area contributed by atoms with Crippen LogP contribution >= 0.6 is 22.9 Å². The number of fused-ring (bicyclic) bond motifs is 1. The Morgan fingerprint density at radius 1 is 1.22 bits per heavy atom. The monoisotopic (exact) mass is 542 g/mol. The van der Waals surface area contributed by atoms with Crippen LogP contribution in [-0.4, -0.2) is 34.8 Å². The number of pyridine rings is 2. The Bertz CT molecular complexity index is 1520.